The van der Waals surface area contributed by atoms with Crippen LogP contribution in [0.15, 0.2) is 39.8 Å². The summed E-state index contributed by atoms with van der Waals surface area (Å²) in [4.78, 5) is 42.6. The number of rotatable bonds is 5. The minimum atomic E-state index is -1.28. The summed E-state index contributed by atoms with van der Waals surface area (Å²) >= 11 is 0. The van der Waals surface area contributed by atoms with Crippen molar-refractivity contribution in [3.63, 3.8) is 0 Å². The van der Waals surface area contributed by atoms with Gasteiger partial charge in [-0.05, 0) is 74.8 Å². The van der Waals surface area contributed by atoms with Crippen molar-refractivity contribution in [1.82, 2.24) is 4.98 Å². The van der Waals surface area contributed by atoms with Gasteiger partial charge in [-0.2, -0.15) is 0 Å². The first-order valence-electron chi connectivity index (χ1n) is 14.9. The highest BCUT2D eigenvalue weighted by Gasteiger charge is 2.74. The fourth-order valence-corrected chi connectivity index (χ4v) is 9.01. The molecule has 42 heavy (non-hydrogen) atoms. The number of aliphatic carboxylic acids is 1. The zero-order valence-electron chi connectivity index (χ0n) is 24.0. The van der Waals surface area contributed by atoms with Crippen molar-refractivity contribution in [3.8, 4) is 17.1 Å². The van der Waals surface area contributed by atoms with E-state index in [1.54, 1.807) is 37.5 Å². The third kappa shape index (κ3) is 3.83. The quantitative estimate of drug-likeness (QED) is 0.446. The largest absolute Gasteiger partial charge is 0.486 e. The van der Waals surface area contributed by atoms with Gasteiger partial charge in [0.1, 0.15) is 29.3 Å². The molecule has 5 unspecified atom stereocenters. The molecule has 3 N–H and O–H groups in total. The number of fused-ring (bicyclic) bond motifs is 4. The van der Waals surface area contributed by atoms with E-state index in [4.69, 9.17) is 13.9 Å². The summed E-state index contributed by atoms with van der Waals surface area (Å²) in [6.45, 7) is 5.78. The van der Waals surface area contributed by atoms with Crippen LogP contribution in [0.5, 0.6) is 5.75 Å². The zero-order chi connectivity index (χ0) is 29.8. The van der Waals surface area contributed by atoms with Gasteiger partial charge >= 0.3 is 17.6 Å². The maximum absolute atomic E-state index is 13.3. The van der Waals surface area contributed by atoms with Crippen LogP contribution in [-0.4, -0.2) is 50.6 Å². The summed E-state index contributed by atoms with van der Waals surface area (Å²) < 4.78 is 18.1. The summed E-state index contributed by atoms with van der Waals surface area (Å²) in [7, 11) is 0. The Morgan fingerprint density at radius 1 is 1.12 bits per heavy atom. The van der Waals surface area contributed by atoms with Gasteiger partial charge in [-0.25, -0.2) is 4.79 Å². The fourth-order valence-electron chi connectivity index (χ4n) is 9.01. The second-order valence-corrected chi connectivity index (χ2v) is 13.9. The molecule has 1 aliphatic heterocycles. The van der Waals surface area contributed by atoms with E-state index in [0.29, 0.717) is 24.8 Å². The van der Waals surface area contributed by atoms with E-state index in [1.807, 2.05) is 13.8 Å². The smallest absolute Gasteiger partial charge is 0.345 e. The summed E-state index contributed by atoms with van der Waals surface area (Å²) in [5.41, 5.74) is -2.52. The summed E-state index contributed by atoms with van der Waals surface area (Å²) in [6.07, 6.45) is 2.95. The van der Waals surface area contributed by atoms with Crippen molar-refractivity contribution in [2.45, 2.75) is 83.7 Å². The molecule has 0 saturated heterocycles. The molecule has 5 aliphatic rings. The summed E-state index contributed by atoms with van der Waals surface area (Å²) in [6, 6.07) is 5.03. The van der Waals surface area contributed by atoms with Gasteiger partial charge in [0, 0.05) is 35.4 Å². The van der Waals surface area contributed by atoms with E-state index in [9.17, 15) is 29.7 Å². The van der Waals surface area contributed by atoms with E-state index in [-0.39, 0.29) is 47.2 Å². The number of carbonyl (C=O) groups excluding carboxylic acids is 1. The van der Waals surface area contributed by atoms with Crippen molar-refractivity contribution < 1.29 is 38.8 Å². The summed E-state index contributed by atoms with van der Waals surface area (Å²) in [5, 5.41) is 33.6. The van der Waals surface area contributed by atoms with Crippen LogP contribution in [0.1, 0.15) is 71.0 Å². The number of esters is 1. The Labute approximate surface area is 243 Å². The number of nitrogens with zero attached hydrogens (tertiary/aromatic N) is 1. The van der Waals surface area contributed by atoms with Gasteiger partial charge in [0.25, 0.3) is 0 Å². The molecule has 224 valence electrons. The molecule has 4 fully saturated rings. The van der Waals surface area contributed by atoms with Gasteiger partial charge in [-0.1, -0.05) is 13.8 Å². The molecule has 3 heterocycles. The first kappa shape index (κ1) is 27.6. The molecule has 7 rings (SSSR count). The number of carboxylic acid groups (broad SMARTS) is 1. The molecular formula is C32H37NO9. The minimum Gasteiger partial charge on any atom is -0.486 e. The average Bonchev–Trinajstić information content (AvgIpc) is 3.88. The third-order valence-corrected chi connectivity index (χ3v) is 11.6. The maximum atomic E-state index is 13.3. The van der Waals surface area contributed by atoms with Crippen LogP contribution in [0.3, 0.4) is 0 Å². The van der Waals surface area contributed by atoms with Crippen LogP contribution in [0.4, 0.5) is 0 Å². The van der Waals surface area contributed by atoms with Crippen LogP contribution >= 0.6 is 0 Å². The third-order valence-electron chi connectivity index (χ3n) is 11.6. The van der Waals surface area contributed by atoms with E-state index in [2.05, 4.69) is 4.98 Å². The molecule has 0 spiro atoms. The predicted molar refractivity (Wildman–Crippen MR) is 147 cm³/mol. The van der Waals surface area contributed by atoms with Crippen molar-refractivity contribution in [2.75, 3.05) is 0 Å². The number of aromatic nitrogens is 1. The maximum Gasteiger partial charge on any atom is 0.345 e. The Balaban J connectivity index is 1.29. The predicted octanol–water partition coefficient (Wildman–Crippen LogP) is 3.73. The lowest BCUT2D eigenvalue weighted by Crippen LogP contribution is -2.66. The Morgan fingerprint density at radius 3 is 2.52 bits per heavy atom. The number of aliphatic hydroxyl groups excluding tert-OH is 2. The van der Waals surface area contributed by atoms with Crippen molar-refractivity contribution in [1.29, 1.82) is 0 Å². The Kier molecular flexibility index (Phi) is 6.00. The Bertz CT molecular complexity index is 1500. The molecule has 10 atom stereocenters. The molecule has 10 heteroatoms. The summed E-state index contributed by atoms with van der Waals surface area (Å²) in [5.74, 6) is -2.06. The number of pyridine rings is 1. The van der Waals surface area contributed by atoms with E-state index >= 15 is 0 Å². The van der Waals surface area contributed by atoms with Crippen molar-refractivity contribution >= 4 is 11.9 Å². The molecule has 0 aromatic carbocycles. The monoisotopic (exact) mass is 579 g/mol. The number of carbonyl (C=O) groups is 2. The standard InChI is InChI=1S/C32H37NO9/c1-30-9-8-22(42-27(36)15-6-7-15)32(3,21-13-31(21,2)29(38)39)20(30)11-17(34)26-24(30)25(35)23-19(40-26)12-18(41-28(23)37)16-5-4-10-33-14-16/h4-5,10,12,14-15,17,20-22,24-26,34-35H,6-9,11,13H2,1-3H3,(H,38,39)/t17?,20-,21?,22+,24+,25+,26?,30+,31?,32?/m1/s1. The Morgan fingerprint density at radius 2 is 1.88 bits per heavy atom. The molecule has 2 aromatic rings. The molecule has 0 bridgehead atoms. The van der Waals surface area contributed by atoms with E-state index in [1.165, 1.54) is 0 Å². The highest BCUT2D eigenvalue weighted by atomic mass is 16.5. The highest BCUT2D eigenvalue weighted by molar-refractivity contribution is 5.78. The van der Waals surface area contributed by atoms with Gasteiger partial charge in [0.05, 0.1) is 23.5 Å². The second-order valence-electron chi connectivity index (χ2n) is 13.9. The lowest BCUT2D eigenvalue weighted by Gasteiger charge is -2.64. The topological polar surface area (TPSA) is 156 Å². The molecule has 0 amide bonds. The second kappa shape index (κ2) is 9.13. The molecule has 10 nitrogen and oxygen atoms in total. The van der Waals surface area contributed by atoms with Gasteiger partial charge in [-0.3, -0.25) is 14.6 Å². The first-order valence-corrected chi connectivity index (χ1v) is 14.9. The fraction of sp³-hybridized carbons (Fsp3) is 0.625. The van der Waals surface area contributed by atoms with Gasteiger partial charge in [0.2, 0.25) is 0 Å². The zero-order valence-corrected chi connectivity index (χ0v) is 24.0. The van der Waals surface area contributed by atoms with Crippen LogP contribution in [0, 0.1) is 39.9 Å². The van der Waals surface area contributed by atoms with Crippen molar-refractivity contribution in [2.24, 2.45) is 39.9 Å². The van der Waals surface area contributed by atoms with Gasteiger partial charge < -0.3 is 29.2 Å². The normalized spacial score (nSPS) is 41.9. The van der Waals surface area contributed by atoms with Gasteiger partial charge in [-0.15, -0.1) is 0 Å². The molecule has 4 aliphatic carbocycles. The van der Waals surface area contributed by atoms with Crippen LogP contribution in [-0.2, 0) is 14.3 Å². The number of ether oxygens (including phenoxy) is 2. The average molecular weight is 580 g/mol. The SMILES string of the molecule is CC1(C(=O)O)CC1C1(C)[C@@H](OC(=O)C2CC2)CC[C@]2(C)[C@@H]3C(Oc4cc(-c5cccnc5)oc(=O)c4[C@@H]3O)C(O)C[C@@H]12. The van der Waals surface area contributed by atoms with E-state index < -0.39 is 58.2 Å². The first-order chi connectivity index (χ1) is 19.9. The van der Waals surface area contributed by atoms with Crippen LogP contribution in [0.25, 0.3) is 11.3 Å². The van der Waals surface area contributed by atoms with E-state index in [0.717, 1.165) is 12.8 Å². The number of hydrogen-bond acceptors (Lipinski definition) is 9. The van der Waals surface area contributed by atoms with Crippen LogP contribution < -0.4 is 10.4 Å². The van der Waals surface area contributed by atoms with Gasteiger partial charge in [0.15, 0.2) is 0 Å². The molecule has 4 saturated carbocycles. The van der Waals surface area contributed by atoms with Crippen molar-refractivity contribution in [3.05, 3.63) is 46.6 Å². The molecular weight excluding hydrogens is 542 g/mol. The number of hydrogen-bond donors (Lipinski definition) is 3. The number of aliphatic hydroxyl groups is 2. The molecule has 0 radical (unpaired) electrons. The number of carboxylic acids is 1. The lowest BCUT2D eigenvalue weighted by atomic mass is 9.43. The van der Waals surface area contributed by atoms with Crippen LogP contribution in [0.2, 0.25) is 0 Å². The lowest BCUT2D eigenvalue weighted by molar-refractivity contribution is -0.238. The Hall–Kier alpha value is -3.24. The highest BCUT2D eigenvalue weighted by Crippen LogP contribution is 2.73. The minimum absolute atomic E-state index is 0.0174. The molecule has 2 aromatic heterocycles.